The van der Waals surface area contributed by atoms with Crippen LogP contribution < -0.4 is 10.6 Å². The second kappa shape index (κ2) is 8.55. The summed E-state index contributed by atoms with van der Waals surface area (Å²) in [6.45, 7) is 1.21. The number of nitrogens with one attached hydrogen (secondary N) is 2. The SMILES string of the molecule is O=C(NC1CCN(C(=O)Nc2ccccc2)CC1)c1ccc(-n2cncn2)cc1. The molecule has 0 atom stereocenters. The second-order valence-corrected chi connectivity index (χ2v) is 6.92. The summed E-state index contributed by atoms with van der Waals surface area (Å²) in [4.78, 5) is 30.6. The molecular formula is C21H22N6O2. The van der Waals surface area contributed by atoms with Crippen molar-refractivity contribution >= 4 is 17.6 Å². The number of para-hydroxylation sites is 1. The third-order valence-corrected chi connectivity index (χ3v) is 4.96. The first-order valence-corrected chi connectivity index (χ1v) is 9.56. The van der Waals surface area contributed by atoms with Crippen LogP contribution in [0.4, 0.5) is 10.5 Å². The number of carbonyl (C=O) groups excluding carboxylic acids is 2. The van der Waals surface area contributed by atoms with Gasteiger partial charge in [-0.15, -0.1) is 0 Å². The minimum Gasteiger partial charge on any atom is -0.349 e. The topological polar surface area (TPSA) is 92.2 Å². The van der Waals surface area contributed by atoms with Gasteiger partial charge in [0.1, 0.15) is 12.7 Å². The molecule has 1 aliphatic heterocycles. The molecule has 0 radical (unpaired) electrons. The van der Waals surface area contributed by atoms with Crippen molar-refractivity contribution in [3.8, 4) is 5.69 Å². The van der Waals surface area contributed by atoms with Gasteiger partial charge in [-0.25, -0.2) is 14.5 Å². The van der Waals surface area contributed by atoms with Crippen LogP contribution in [-0.4, -0.2) is 50.7 Å². The Morgan fingerprint density at radius 1 is 0.966 bits per heavy atom. The van der Waals surface area contributed by atoms with Gasteiger partial charge in [-0.1, -0.05) is 18.2 Å². The van der Waals surface area contributed by atoms with Crippen LogP contribution in [0.2, 0.25) is 0 Å². The highest BCUT2D eigenvalue weighted by Crippen LogP contribution is 2.14. The van der Waals surface area contributed by atoms with Crippen LogP contribution in [0.25, 0.3) is 5.69 Å². The van der Waals surface area contributed by atoms with E-state index in [2.05, 4.69) is 20.7 Å². The fourth-order valence-corrected chi connectivity index (χ4v) is 3.33. The van der Waals surface area contributed by atoms with E-state index in [9.17, 15) is 9.59 Å². The lowest BCUT2D eigenvalue weighted by molar-refractivity contribution is 0.0919. The number of benzene rings is 2. The van der Waals surface area contributed by atoms with Crippen molar-refractivity contribution in [1.82, 2.24) is 25.0 Å². The van der Waals surface area contributed by atoms with E-state index in [1.165, 1.54) is 6.33 Å². The Kier molecular flexibility index (Phi) is 5.51. The van der Waals surface area contributed by atoms with E-state index in [0.717, 1.165) is 24.2 Å². The zero-order valence-electron chi connectivity index (χ0n) is 15.9. The Morgan fingerprint density at radius 2 is 1.69 bits per heavy atom. The summed E-state index contributed by atoms with van der Waals surface area (Å²) in [7, 11) is 0. The summed E-state index contributed by atoms with van der Waals surface area (Å²) in [5, 5.41) is 10.0. The van der Waals surface area contributed by atoms with Crippen molar-refractivity contribution in [2.45, 2.75) is 18.9 Å². The van der Waals surface area contributed by atoms with Crippen LogP contribution >= 0.6 is 0 Å². The molecule has 0 aliphatic carbocycles. The van der Waals surface area contributed by atoms with Crippen LogP contribution in [0.3, 0.4) is 0 Å². The van der Waals surface area contributed by atoms with E-state index in [1.807, 2.05) is 42.5 Å². The normalized spacial score (nSPS) is 14.4. The maximum absolute atomic E-state index is 12.5. The fraction of sp³-hybridized carbons (Fsp3) is 0.238. The number of amides is 3. The van der Waals surface area contributed by atoms with Gasteiger partial charge < -0.3 is 15.5 Å². The lowest BCUT2D eigenvalue weighted by atomic mass is 10.0. The van der Waals surface area contributed by atoms with Gasteiger partial charge in [0.15, 0.2) is 0 Å². The van der Waals surface area contributed by atoms with Gasteiger partial charge in [0.05, 0.1) is 5.69 Å². The number of aromatic nitrogens is 3. The zero-order valence-corrected chi connectivity index (χ0v) is 15.9. The molecule has 4 rings (SSSR count). The number of rotatable bonds is 4. The summed E-state index contributed by atoms with van der Waals surface area (Å²) in [6, 6.07) is 16.6. The number of anilines is 1. The second-order valence-electron chi connectivity index (χ2n) is 6.92. The Labute approximate surface area is 168 Å². The summed E-state index contributed by atoms with van der Waals surface area (Å²) in [5.74, 6) is -0.109. The van der Waals surface area contributed by atoms with Crippen molar-refractivity contribution in [3.63, 3.8) is 0 Å². The number of nitrogens with zero attached hydrogens (tertiary/aromatic N) is 4. The molecular weight excluding hydrogens is 368 g/mol. The van der Waals surface area contributed by atoms with Gasteiger partial charge in [-0.2, -0.15) is 5.10 Å². The third kappa shape index (κ3) is 4.60. The Morgan fingerprint density at radius 3 is 2.34 bits per heavy atom. The average Bonchev–Trinajstić information content (AvgIpc) is 3.30. The molecule has 0 unspecified atom stereocenters. The number of likely N-dealkylation sites (tertiary alicyclic amines) is 1. The molecule has 1 aromatic heterocycles. The summed E-state index contributed by atoms with van der Waals surface area (Å²) in [5.41, 5.74) is 2.22. The first-order chi connectivity index (χ1) is 14.2. The number of hydrogen-bond acceptors (Lipinski definition) is 4. The van der Waals surface area contributed by atoms with Crippen molar-refractivity contribution in [2.24, 2.45) is 0 Å². The molecule has 148 valence electrons. The molecule has 2 N–H and O–H groups in total. The lowest BCUT2D eigenvalue weighted by Gasteiger charge is -2.32. The van der Waals surface area contributed by atoms with Crippen LogP contribution in [0.5, 0.6) is 0 Å². The maximum atomic E-state index is 12.5. The Bertz CT molecular complexity index is 949. The largest absolute Gasteiger partial charge is 0.349 e. The van der Waals surface area contributed by atoms with Gasteiger partial charge in [0, 0.05) is 30.4 Å². The van der Waals surface area contributed by atoms with Crippen molar-refractivity contribution in [3.05, 3.63) is 72.8 Å². The zero-order chi connectivity index (χ0) is 20.1. The van der Waals surface area contributed by atoms with Gasteiger partial charge in [0.25, 0.3) is 5.91 Å². The maximum Gasteiger partial charge on any atom is 0.321 e. The van der Waals surface area contributed by atoms with Gasteiger partial charge in [-0.3, -0.25) is 4.79 Å². The molecule has 29 heavy (non-hydrogen) atoms. The smallest absolute Gasteiger partial charge is 0.321 e. The molecule has 8 nitrogen and oxygen atoms in total. The first-order valence-electron chi connectivity index (χ1n) is 9.56. The monoisotopic (exact) mass is 390 g/mol. The number of piperidine rings is 1. The molecule has 2 heterocycles. The molecule has 0 bridgehead atoms. The highest BCUT2D eigenvalue weighted by molar-refractivity contribution is 5.94. The predicted molar refractivity (Wildman–Crippen MR) is 109 cm³/mol. The van der Waals surface area contributed by atoms with Gasteiger partial charge in [0.2, 0.25) is 0 Å². The molecule has 3 amide bonds. The molecule has 8 heteroatoms. The lowest BCUT2D eigenvalue weighted by Crippen LogP contribution is -2.47. The minimum atomic E-state index is -0.109. The first kappa shape index (κ1) is 18.7. The molecule has 1 fully saturated rings. The number of carbonyl (C=O) groups is 2. The van der Waals surface area contributed by atoms with Crippen molar-refractivity contribution in [1.29, 1.82) is 0 Å². The van der Waals surface area contributed by atoms with Crippen molar-refractivity contribution in [2.75, 3.05) is 18.4 Å². The van der Waals surface area contributed by atoms with Crippen molar-refractivity contribution < 1.29 is 9.59 Å². The van der Waals surface area contributed by atoms with E-state index in [-0.39, 0.29) is 18.0 Å². The predicted octanol–water partition coefficient (Wildman–Crippen LogP) is 2.69. The van der Waals surface area contributed by atoms with Crippen LogP contribution in [-0.2, 0) is 0 Å². The summed E-state index contributed by atoms with van der Waals surface area (Å²) >= 11 is 0. The molecule has 3 aromatic rings. The van der Waals surface area contributed by atoms with E-state index in [4.69, 9.17) is 0 Å². The minimum absolute atomic E-state index is 0.0540. The molecule has 0 saturated carbocycles. The Balaban J connectivity index is 1.27. The molecule has 1 aliphatic rings. The highest BCUT2D eigenvalue weighted by atomic mass is 16.2. The number of urea groups is 1. The third-order valence-electron chi connectivity index (χ3n) is 4.96. The van der Waals surface area contributed by atoms with E-state index in [0.29, 0.717) is 18.7 Å². The molecule has 2 aromatic carbocycles. The summed E-state index contributed by atoms with van der Waals surface area (Å²) in [6.07, 6.45) is 4.53. The van der Waals surface area contributed by atoms with Crippen LogP contribution in [0.1, 0.15) is 23.2 Å². The van der Waals surface area contributed by atoms with Gasteiger partial charge >= 0.3 is 6.03 Å². The van der Waals surface area contributed by atoms with E-state index >= 15 is 0 Å². The van der Waals surface area contributed by atoms with Crippen LogP contribution in [0.15, 0.2) is 67.3 Å². The molecule has 0 spiro atoms. The summed E-state index contributed by atoms with van der Waals surface area (Å²) < 4.78 is 1.64. The van der Waals surface area contributed by atoms with Gasteiger partial charge in [-0.05, 0) is 49.2 Å². The quantitative estimate of drug-likeness (QED) is 0.716. The average molecular weight is 390 g/mol. The Hall–Kier alpha value is -3.68. The fourth-order valence-electron chi connectivity index (χ4n) is 3.33. The van der Waals surface area contributed by atoms with E-state index < -0.39 is 0 Å². The standard InChI is InChI=1S/C21H22N6O2/c28-20(16-6-8-19(9-7-16)27-15-22-14-23-27)24-18-10-12-26(13-11-18)21(29)25-17-4-2-1-3-5-17/h1-9,14-15,18H,10-13H2,(H,24,28)(H,25,29). The van der Waals surface area contributed by atoms with Crippen LogP contribution in [0, 0.1) is 0 Å². The number of hydrogen-bond donors (Lipinski definition) is 2. The van der Waals surface area contributed by atoms with E-state index in [1.54, 1.807) is 28.0 Å². The molecule has 1 saturated heterocycles. The highest BCUT2D eigenvalue weighted by Gasteiger charge is 2.24.